The first-order chi connectivity index (χ1) is 20.3. The van der Waals surface area contributed by atoms with Crippen LogP contribution in [-0.2, 0) is 19.6 Å². The highest BCUT2D eigenvalue weighted by atomic mass is 32.2. The fraction of sp³-hybridized carbons (Fsp3) is 0.536. The van der Waals surface area contributed by atoms with Gasteiger partial charge in [0.2, 0.25) is 11.8 Å². The number of benzene rings is 1. The van der Waals surface area contributed by atoms with E-state index in [4.69, 9.17) is 5.73 Å². The molecule has 1 aliphatic heterocycles. The first kappa shape index (κ1) is 31.7. The second-order valence-electron chi connectivity index (χ2n) is 10.5. The lowest BCUT2D eigenvalue weighted by atomic mass is 9.96. The molecule has 1 fully saturated rings. The van der Waals surface area contributed by atoms with Crippen molar-refractivity contribution >= 4 is 54.2 Å². The number of hydrogen-bond donors (Lipinski definition) is 4. The van der Waals surface area contributed by atoms with Crippen LogP contribution in [0.3, 0.4) is 0 Å². The molecule has 1 aliphatic rings. The smallest absolute Gasteiger partial charge is 0.280 e. The summed E-state index contributed by atoms with van der Waals surface area (Å²) >= 11 is 1.29. The molecule has 1 aromatic carbocycles. The number of nitrogens with one attached hydrogen (secondary N) is 3. The lowest BCUT2D eigenvalue weighted by Gasteiger charge is -2.30. The Balaban J connectivity index is 1.16. The summed E-state index contributed by atoms with van der Waals surface area (Å²) in [6.07, 6.45) is 12.6. The molecule has 228 valence electrons. The highest BCUT2D eigenvalue weighted by Gasteiger charge is 2.26. The summed E-state index contributed by atoms with van der Waals surface area (Å²) < 4.78 is 28.3. The van der Waals surface area contributed by atoms with Gasteiger partial charge in [0.15, 0.2) is 10.2 Å². The Morgan fingerprint density at radius 2 is 1.81 bits per heavy atom. The summed E-state index contributed by atoms with van der Waals surface area (Å²) in [6, 6.07) is 5.00. The van der Waals surface area contributed by atoms with Gasteiger partial charge in [-0.3, -0.25) is 19.3 Å². The van der Waals surface area contributed by atoms with E-state index in [0.29, 0.717) is 29.3 Å². The number of fused-ring (bicyclic) bond motifs is 1. The zero-order chi connectivity index (χ0) is 29.8. The van der Waals surface area contributed by atoms with Crippen molar-refractivity contribution in [1.82, 2.24) is 25.2 Å². The number of sulfonamides is 1. The molecule has 2 amide bonds. The number of aromatic nitrogens is 3. The minimum Gasteiger partial charge on any atom is -0.356 e. The number of likely N-dealkylation sites (tertiary alicyclic amines) is 1. The Kier molecular flexibility index (Phi) is 12.0. The molecule has 0 saturated carbocycles. The number of piperidine rings is 1. The van der Waals surface area contributed by atoms with E-state index in [2.05, 4.69) is 35.2 Å². The molecule has 5 N–H and O–H groups in total. The maximum absolute atomic E-state index is 12.9. The number of thiazole rings is 1. The largest absolute Gasteiger partial charge is 0.356 e. The minimum atomic E-state index is -3.87. The fourth-order valence-electron chi connectivity index (χ4n) is 4.85. The van der Waals surface area contributed by atoms with Crippen molar-refractivity contribution in [2.45, 2.75) is 62.8 Å². The highest BCUT2D eigenvalue weighted by Crippen LogP contribution is 2.30. The van der Waals surface area contributed by atoms with Crippen LogP contribution in [0.15, 0.2) is 41.8 Å². The second kappa shape index (κ2) is 15.9. The monoisotopic (exact) mass is 616 g/mol. The Labute approximate surface area is 251 Å². The topological polar surface area (TPSA) is 172 Å². The number of nitrogens with two attached hydrogens (primary N) is 1. The van der Waals surface area contributed by atoms with E-state index < -0.39 is 10.0 Å². The Hall–Kier alpha value is -3.20. The molecule has 0 atom stereocenters. The van der Waals surface area contributed by atoms with Gasteiger partial charge in [0, 0.05) is 37.8 Å². The summed E-state index contributed by atoms with van der Waals surface area (Å²) in [5, 5.41) is 6.24. The van der Waals surface area contributed by atoms with Crippen LogP contribution in [0.2, 0.25) is 0 Å². The van der Waals surface area contributed by atoms with Gasteiger partial charge < -0.3 is 21.3 Å². The number of nitrogens with zero attached hydrogens (tertiary/aromatic N) is 4. The number of carbonyl (C=O) groups excluding carboxylic acids is 2. The predicted octanol–water partition coefficient (Wildman–Crippen LogP) is 3.34. The van der Waals surface area contributed by atoms with Crippen LogP contribution in [0.1, 0.15) is 57.8 Å². The maximum Gasteiger partial charge on any atom is 0.280 e. The van der Waals surface area contributed by atoms with Crippen molar-refractivity contribution in [3.05, 3.63) is 36.8 Å². The quantitative estimate of drug-likeness (QED) is 0.176. The van der Waals surface area contributed by atoms with Gasteiger partial charge in [0.05, 0.1) is 22.1 Å². The normalized spacial score (nSPS) is 14.6. The molecule has 12 nitrogen and oxygen atoms in total. The molecular weight excluding hydrogens is 576 g/mol. The highest BCUT2D eigenvalue weighted by molar-refractivity contribution is 7.92. The van der Waals surface area contributed by atoms with Crippen molar-refractivity contribution in [3.63, 3.8) is 0 Å². The van der Waals surface area contributed by atoms with E-state index in [0.717, 1.165) is 63.0 Å². The molecule has 3 aromatic rings. The Morgan fingerprint density at radius 3 is 2.55 bits per heavy atom. The van der Waals surface area contributed by atoms with Crippen LogP contribution >= 0.6 is 11.3 Å². The number of unbranched alkanes of at least 4 members (excludes halogenated alkanes) is 5. The third kappa shape index (κ3) is 9.68. The zero-order valence-corrected chi connectivity index (χ0v) is 25.4. The van der Waals surface area contributed by atoms with Crippen molar-refractivity contribution in [1.29, 1.82) is 0 Å². The van der Waals surface area contributed by atoms with E-state index in [1.807, 2.05) is 0 Å². The maximum atomic E-state index is 12.9. The number of carbonyl (C=O) groups is 2. The molecule has 42 heavy (non-hydrogen) atoms. The van der Waals surface area contributed by atoms with Crippen molar-refractivity contribution in [2.75, 3.05) is 42.8 Å². The summed E-state index contributed by atoms with van der Waals surface area (Å²) in [5.41, 5.74) is 6.53. The SMILES string of the molecule is NCCCCCCCCNC(=O)CCN1CCC(C(=O)Nc2nc3ccc(NS(=O)(=O)c4cnccn4)cc3s2)CC1. The molecule has 0 bridgehead atoms. The molecular formula is C28H40N8O4S2. The predicted molar refractivity (Wildman–Crippen MR) is 165 cm³/mol. The average Bonchev–Trinajstić information content (AvgIpc) is 3.39. The standard InChI is InChI=1S/C28H40N8O4S2/c29-12-5-3-1-2-4-6-13-31-25(37)11-18-36-16-9-21(10-17-36)27(38)34-28-33-23-8-7-22(19-24(23)41-28)35-42(39,40)26-20-30-14-15-32-26/h7-8,14-15,19-21,35H,1-6,9-13,16-18,29H2,(H,31,37)(H,33,34,38). The van der Waals surface area contributed by atoms with Crippen LogP contribution in [0, 0.1) is 5.92 Å². The number of hydrogen-bond acceptors (Lipinski definition) is 10. The van der Waals surface area contributed by atoms with E-state index in [-0.39, 0.29) is 22.8 Å². The number of anilines is 2. The lowest BCUT2D eigenvalue weighted by Crippen LogP contribution is -2.40. The van der Waals surface area contributed by atoms with Gasteiger partial charge in [-0.15, -0.1) is 0 Å². The molecule has 0 unspecified atom stereocenters. The first-order valence-electron chi connectivity index (χ1n) is 14.5. The molecule has 1 saturated heterocycles. The molecule has 0 aliphatic carbocycles. The van der Waals surface area contributed by atoms with E-state index in [1.165, 1.54) is 49.2 Å². The molecule has 0 spiro atoms. The summed E-state index contributed by atoms with van der Waals surface area (Å²) in [4.78, 5) is 39.5. The Morgan fingerprint density at radius 1 is 1.05 bits per heavy atom. The van der Waals surface area contributed by atoms with Gasteiger partial charge in [0.1, 0.15) is 0 Å². The molecule has 0 radical (unpaired) electrons. The fourth-order valence-corrected chi connectivity index (χ4v) is 6.70. The van der Waals surface area contributed by atoms with Crippen LogP contribution in [0.4, 0.5) is 10.8 Å². The third-order valence-corrected chi connectivity index (χ3v) is 9.45. The number of rotatable bonds is 16. The van der Waals surface area contributed by atoms with E-state index >= 15 is 0 Å². The summed E-state index contributed by atoms with van der Waals surface area (Å²) in [5.74, 6) is -0.113. The lowest BCUT2D eigenvalue weighted by molar-refractivity contribution is -0.123. The van der Waals surface area contributed by atoms with Gasteiger partial charge >= 0.3 is 0 Å². The number of amides is 2. The van der Waals surface area contributed by atoms with Crippen LogP contribution < -0.4 is 21.1 Å². The van der Waals surface area contributed by atoms with E-state index in [9.17, 15) is 18.0 Å². The van der Waals surface area contributed by atoms with Crippen LogP contribution in [0.5, 0.6) is 0 Å². The van der Waals surface area contributed by atoms with E-state index in [1.54, 1.807) is 18.2 Å². The Bertz CT molecular complexity index is 1410. The van der Waals surface area contributed by atoms with Crippen molar-refractivity contribution in [2.24, 2.45) is 11.7 Å². The summed E-state index contributed by atoms with van der Waals surface area (Å²) in [6.45, 7) is 3.71. The first-order valence-corrected chi connectivity index (χ1v) is 16.8. The average molecular weight is 617 g/mol. The summed E-state index contributed by atoms with van der Waals surface area (Å²) in [7, 11) is -3.87. The van der Waals surface area contributed by atoms with Gasteiger partial charge in [-0.1, -0.05) is 37.0 Å². The molecule has 3 heterocycles. The van der Waals surface area contributed by atoms with Gasteiger partial charge in [-0.25, -0.2) is 9.97 Å². The molecule has 14 heteroatoms. The van der Waals surface area contributed by atoms with Gasteiger partial charge in [-0.2, -0.15) is 8.42 Å². The van der Waals surface area contributed by atoms with Gasteiger partial charge in [0.25, 0.3) is 10.0 Å². The van der Waals surface area contributed by atoms with Crippen LogP contribution in [-0.4, -0.2) is 72.8 Å². The molecule has 4 rings (SSSR count). The zero-order valence-electron chi connectivity index (χ0n) is 23.8. The molecule has 2 aromatic heterocycles. The minimum absolute atomic E-state index is 0.0712. The van der Waals surface area contributed by atoms with Crippen molar-refractivity contribution in [3.8, 4) is 0 Å². The third-order valence-electron chi connectivity index (χ3n) is 7.25. The van der Waals surface area contributed by atoms with Gasteiger partial charge in [-0.05, 0) is 63.5 Å². The van der Waals surface area contributed by atoms with Crippen LogP contribution in [0.25, 0.3) is 10.2 Å². The second-order valence-corrected chi connectivity index (χ2v) is 13.1. The van der Waals surface area contributed by atoms with Crippen molar-refractivity contribution < 1.29 is 18.0 Å².